The van der Waals surface area contributed by atoms with Crippen LogP contribution in [0, 0.1) is 13.0 Å². The number of hydrogen-bond donors (Lipinski definition) is 0. The van der Waals surface area contributed by atoms with E-state index in [1.165, 1.54) is 0 Å². The van der Waals surface area contributed by atoms with Gasteiger partial charge in [-0.1, -0.05) is 13.0 Å². The molecule has 0 saturated heterocycles. The van der Waals surface area contributed by atoms with E-state index < -0.39 is 0 Å². The second kappa shape index (κ2) is 8.21. The van der Waals surface area contributed by atoms with Gasteiger partial charge in [0.25, 0.3) is 0 Å². The first-order valence-electron chi connectivity index (χ1n) is 3.97. The Kier molecular flexibility index (Phi) is 7.60. The first-order valence-corrected chi connectivity index (χ1v) is 3.97. The van der Waals surface area contributed by atoms with Crippen molar-refractivity contribution in [1.82, 2.24) is 9.88 Å². The molecule has 0 aliphatic heterocycles. The zero-order valence-electron chi connectivity index (χ0n) is 7.83. The van der Waals surface area contributed by atoms with Crippen LogP contribution in [0.2, 0.25) is 0 Å². The largest absolute Gasteiger partial charge is 0.309 e. The number of rotatable bonds is 2. The summed E-state index contributed by atoms with van der Waals surface area (Å²) >= 11 is 0. The second-order valence-electron chi connectivity index (χ2n) is 2.61. The Labute approximate surface area is 75.2 Å². The highest BCUT2D eigenvalue weighted by molar-refractivity contribution is 4.86. The molecule has 12 heavy (non-hydrogen) atoms. The number of hydrogen-bond acceptors (Lipinski definition) is 2. The molecule has 2 radical (unpaired) electrons. The van der Waals surface area contributed by atoms with Gasteiger partial charge in [0.15, 0.2) is 0 Å². The van der Waals surface area contributed by atoms with E-state index >= 15 is 0 Å². The highest BCUT2D eigenvalue weighted by Crippen LogP contribution is 1.75. The molecule has 0 bridgehead atoms. The van der Waals surface area contributed by atoms with Gasteiger partial charge in [-0.05, 0) is 33.1 Å². The Morgan fingerprint density at radius 1 is 1.50 bits per heavy atom. The molecule has 1 aromatic heterocycles. The summed E-state index contributed by atoms with van der Waals surface area (Å²) in [5.74, 6) is 0. The standard InChI is InChI=1S/C5H4N.C5H12N/c1-2-4-6-5-3-1;1-4-5-6(2)3/h1-2,4-5H;1,4-5H2,2-3H3. The summed E-state index contributed by atoms with van der Waals surface area (Å²) < 4.78 is 0. The van der Waals surface area contributed by atoms with Gasteiger partial charge in [0.2, 0.25) is 0 Å². The number of aromatic nitrogens is 1. The van der Waals surface area contributed by atoms with Crippen molar-refractivity contribution in [2.24, 2.45) is 0 Å². The van der Waals surface area contributed by atoms with Gasteiger partial charge in [-0.3, -0.25) is 4.98 Å². The van der Waals surface area contributed by atoms with E-state index in [0.717, 1.165) is 13.0 Å². The molecule has 0 unspecified atom stereocenters. The fraction of sp³-hybridized carbons (Fsp3) is 0.400. The van der Waals surface area contributed by atoms with Crippen LogP contribution < -0.4 is 0 Å². The molecule has 1 heterocycles. The predicted octanol–water partition coefficient (Wildman–Crippen LogP) is 1.65. The Morgan fingerprint density at radius 2 is 2.25 bits per heavy atom. The van der Waals surface area contributed by atoms with Crippen molar-refractivity contribution < 1.29 is 0 Å². The van der Waals surface area contributed by atoms with Crippen molar-refractivity contribution in [2.45, 2.75) is 6.42 Å². The number of pyridine rings is 1. The highest BCUT2D eigenvalue weighted by atomic mass is 15.0. The van der Waals surface area contributed by atoms with Gasteiger partial charge in [-0.2, -0.15) is 0 Å². The average molecular weight is 164 g/mol. The van der Waals surface area contributed by atoms with Crippen molar-refractivity contribution in [3.63, 3.8) is 0 Å². The molecule has 1 aromatic rings. The van der Waals surface area contributed by atoms with E-state index in [4.69, 9.17) is 0 Å². The van der Waals surface area contributed by atoms with Gasteiger partial charge >= 0.3 is 0 Å². The lowest BCUT2D eigenvalue weighted by Crippen LogP contribution is -2.11. The molecule has 2 nitrogen and oxygen atoms in total. The topological polar surface area (TPSA) is 16.1 Å². The lowest BCUT2D eigenvalue weighted by atomic mass is 10.5. The van der Waals surface area contributed by atoms with Crippen LogP contribution in [0.4, 0.5) is 0 Å². The summed E-state index contributed by atoms with van der Waals surface area (Å²) in [5, 5.41) is 0. The SMILES string of the molecule is [CH2]CCN(C)C.[c]1cccnc1. The van der Waals surface area contributed by atoms with Crippen molar-refractivity contribution in [2.75, 3.05) is 20.6 Å². The third-order valence-electron chi connectivity index (χ3n) is 1.12. The molecule has 0 aliphatic carbocycles. The van der Waals surface area contributed by atoms with Gasteiger partial charge in [0.1, 0.15) is 0 Å². The summed E-state index contributed by atoms with van der Waals surface area (Å²) in [6.07, 6.45) is 4.35. The van der Waals surface area contributed by atoms with Crippen LogP contribution >= 0.6 is 0 Å². The van der Waals surface area contributed by atoms with E-state index in [-0.39, 0.29) is 0 Å². The number of nitrogens with zero attached hydrogens (tertiary/aromatic N) is 2. The summed E-state index contributed by atoms with van der Waals surface area (Å²) in [7, 11) is 4.09. The molecule has 0 atom stereocenters. The summed E-state index contributed by atoms with van der Waals surface area (Å²) in [6.45, 7) is 4.78. The van der Waals surface area contributed by atoms with Crippen LogP contribution in [0.15, 0.2) is 24.5 Å². The van der Waals surface area contributed by atoms with E-state index in [0.29, 0.717) is 0 Å². The van der Waals surface area contributed by atoms with E-state index in [9.17, 15) is 0 Å². The van der Waals surface area contributed by atoms with Gasteiger partial charge in [-0.15, -0.1) is 0 Å². The molecule has 0 spiro atoms. The predicted molar refractivity (Wildman–Crippen MR) is 51.6 cm³/mol. The fourth-order valence-corrected chi connectivity index (χ4v) is 0.594. The molecule has 0 aliphatic rings. The molecular weight excluding hydrogens is 148 g/mol. The van der Waals surface area contributed by atoms with Crippen molar-refractivity contribution in [3.05, 3.63) is 37.5 Å². The van der Waals surface area contributed by atoms with Crippen molar-refractivity contribution in [3.8, 4) is 0 Å². The van der Waals surface area contributed by atoms with Gasteiger partial charge in [-0.25, -0.2) is 0 Å². The van der Waals surface area contributed by atoms with Crippen LogP contribution in [-0.4, -0.2) is 30.5 Å². The molecule has 0 amide bonds. The minimum Gasteiger partial charge on any atom is -0.309 e. The maximum Gasteiger partial charge on any atom is 0.0346 e. The maximum atomic E-state index is 3.73. The molecule has 1 rings (SSSR count). The first kappa shape index (κ1) is 11.1. The molecule has 0 N–H and O–H groups in total. The smallest absolute Gasteiger partial charge is 0.0346 e. The first-order chi connectivity index (χ1) is 5.77. The zero-order chi connectivity index (χ0) is 9.23. The lowest BCUT2D eigenvalue weighted by molar-refractivity contribution is 0.416. The Morgan fingerprint density at radius 3 is 2.33 bits per heavy atom. The van der Waals surface area contributed by atoms with Crippen LogP contribution in [0.5, 0.6) is 0 Å². The van der Waals surface area contributed by atoms with Gasteiger partial charge in [0.05, 0.1) is 0 Å². The lowest BCUT2D eigenvalue weighted by Gasteiger charge is -2.03. The summed E-state index contributed by atoms with van der Waals surface area (Å²) in [5.41, 5.74) is 0. The Bertz CT molecular complexity index is 134. The average Bonchev–Trinajstić information content (AvgIpc) is 2.08. The molecule has 2 heteroatoms. The quantitative estimate of drug-likeness (QED) is 0.660. The maximum absolute atomic E-state index is 3.73. The van der Waals surface area contributed by atoms with Crippen LogP contribution in [0.1, 0.15) is 6.42 Å². The summed E-state index contributed by atoms with van der Waals surface area (Å²) in [4.78, 5) is 5.85. The van der Waals surface area contributed by atoms with Crippen molar-refractivity contribution >= 4 is 0 Å². The second-order valence-corrected chi connectivity index (χ2v) is 2.61. The Hall–Kier alpha value is -0.890. The summed E-state index contributed by atoms with van der Waals surface area (Å²) in [6, 6.07) is 6.43. The zero-order valence-corrected chi connectivity index (χ0v) is 7.83. The molecule has 0 fully saturated rings. The van der Waals surface area contributed by atoms with E-state index in [1.807, 2.05) is 26.2 Å². The normalized spacial score (nSPS) is 9.00. The third-order valence-corrected chi connectivity index (χ3v) is 1.12. The molecular formula is C10H16N2. The van der Waals surface area contributed by atoms with Gasteiger partial charge in [0, 0.05) is 18.5 Å². The van der Waals surface area contributed by atoms with E-state index in [1.54, 1.807) is 12.4 Å². The van der Waals surface area contributed by atoms with Gasteiger partial charge < -0.3 is 4.90 Å². The third kappa shape index (κ3) is 9.11. The van der Waals surface area contributed by atoms with E-state index in [2.05, 4.69) is 22.9 Å². The Balaban J connectivity index is 0.000000202. The molecule has 0 saturated carbocycles. The van der Waals surface area contributed by atoms with Crippen molar-refractivity contribution in [1.29, 1.82) is 0 Å². The monoisotopic (exact) mass is 164 g/mol. The van der Waals surface area contributed by atoms with Crippen LogP contribution in [0.3, 0.4) is 0 Å². The van der Waals surface area contributed by atoms with Crippen LogP contribution in [-0.2, 0) is 0 Å². The fourth-order valence-electron chi connectivity index (χ4n) is 0.594. The molecule has 0 aromatic carbocycles. The minimum absolute atomic E-state index is 1.01. The minimum atomic E-state index is 1.01. The highest BCUT2D eigenvalue weighted by Gasteiger charge is 1.79. The van der Waals surface area contributed by atoms with Crippen LogP contribution in [0.25, 0.3) is 0 Å². The molecule has 66 valence electrons.